The fourth-order valence-electron chi connectivity index (χ4n) is 0.855. The Morgan fingerprint density at radius 2 is 2.09 bits per heavy atom. The molecule has 2 N–H and O–H groups in total. The van der Waals surface area contributed by atoms with E-state index in [1.165, 1.54) is 19.2 Å². The van der Waals surface area contributed by atoms with Gasteiger partial charge in [0.15, 0.2) is 0 Å². The van der Waals surface area contributed by atoms with Crippen molar-refractivity contribution in [3.05, 3.63) is 23.5 Å². The third-order valence-corrected chi connectivity index (χ3v) is 1.63. The van der Waals surface area contributed by atoms with Crippen LogP contribution in [0, 0.1) is 12.7 Å². The molecule has 60 valence electrons. The van der Waals surface area contributed by atoms with Crippen LogP contribution < -0.4 is 10.5 Å². The van der Waals surface area contributed by atoms with E-state index in [0.717, 1.165) is 0 Å². The molecular formula is C8H10FNO. The van der Waals surface area contributed by atoms with Crippen molar-refractivity contribution < 1.29 is 9.13 Å². The first-order valence-corrected chi connectivity index (χ1v) is 3.25. The van der Waals surface area contributed by atoms with E-state index in [2.05, 4.69) is 0 Å². The summed E-state index contributed by atoms with van der Waals surface area (Å²) in [6.07, 6.45) is 0. The van der Waals surface area contributed by atoms with Crippen molar-refractivity contribution in [2.45, 2.75) is 6.92 Å². The number of hydrogen-bond donors (Lipinski definition) is 1. The number of rotatable bonds is 1. The predicted molar refractivity (Wildman–Crippen MR) is 42.1 cm³/mol. The van der Waals surface area contributed by atoms with Crippen LogP contribution in [0.15, 0.2) is 12.1 Å². The number of anilines is 1. The van der Waals surface area contributed by atoms with E-state index in [0.29, 0.717) is 17.0 Å². The van der Waals surface area contributed by atoms with Gasteiger partial charge < -0.3 is 10.5 Å². The highest BCUT2D eigenvalue weighted by Gasteiger charge is 2.05. The zero-order valence-corrected chi connectivity index (χ0v) is 6.52. The Morgan fingerprint density at radius 3 is 2.64 bits per heavy atom. The summed E-state index contributed by atoms with van der Waals surface area (Å²) in [5.41, 5.74) is 6.33. The Hall–Kier alpha value is -1.25. The number of nitrogens with two attached hydrogens (primary N) is 1. The first-order valence-electron chi connectivity index (χ1n) is 3.25. The van der Waals surface area contributed by atoms with Crippen molar-refractivity contribution in [1.29, 1.82) is 0 Å². The van der Waals surface area contributed by atoms with Crippen LogP contribution in [0.5, 0.6) is 5.75 Å². The van der Waals surface area contributed by atoms with Gasteiger partial charge in [-0.1, -0.05) is 0 Å². The summed E-state index contributed by atoms with van der Waals surface area (Å²) < 4.78 is 17.6. The van der Waals surface area contributed by atoms with Gasteiger partial charge in [-0.3, -0.25) is 0 Å². The van der Waals surface area contributed by atoms with Crippen LogP contribution in [-0.2, 0) is 0 Å². The van der Waals surface area contributed by atoms with Crippen LogP contribution in [0.4, 0.5) is 10.1 Å². The number of benzene rings is 1. The molecule has 1 aromatic carbocycles. The average Bonchev–Trinajstić information content (AvgIpc) is 2.01. The van der Waals surface area contributed by atoms with Crippen LogP contribution in [-0.4, -0.2) is 7.11 Å². The standard InChI is InChI=1S/C8H10FNO/c1-5-6(9)3-4-7(11-2)8(5)10/h3-4H,10H2,1-2H3. The van der Waals surface area contributed by atoms with Crippen LogP contribution in [0.2, 0.25) is 0 Å². The quantitative estimate of drug-likeness (QED) is 0.627. The molecule has 0 spiro atoms. The van der Waals surface area contributed by atoms with Gasteiger partial charge in [0.25, 0.3) is 0 Å². The zero-order chi connectivity index (χ0) is 8.43. The molecule has 3 heteroatoms. The second-order valence-electron chi connectivity index (χ2n) is 2.29. The van der Waals surface area contributed by atoms with Crippen LogP contribution in [0.25, 0.3) is 0 Å². The molecular weight excluding hydrogens is 145 g/mol. The van der Waals surface area contributed by atoms with Gasteiger partial charge in [-0.15, -0.1) is 0 Å². The highest BCUT2D eigenvalue weighted by atomic mass is 19.1. The number of halogens is 1. The lowest BCUT2D eigenvalue weighted by Gasteiger charge is -2.06. The van der Waals surface area contributed by atoms with Crippen LogP contribution in [0.3, 0.4) is 0 Å². The second kappa shape index (κ2) is 2.78. The van der Waals surface area contributed by atoms with Gasteiger partial charge in [0, 0.05) is 5.56 Å². The average molecular weight is 155 g/mol. The molecule has 0 aliphatic carbocycles. The number of hydrogen-bond acceptors (Lipinski definition) is 2. The molecule has 0 heterocycles. The topological polar surface area (TPSA) is 35.2 Å². The van der Waals surface area contributed by atoms with Gasteiger partial charge in [-0.05, 0) is 19.1 Å². The number of nitrogen functional groups attached to an aromatic ring is 1. The molecule has 0 saturated heterocycles. The largest absolute Gasteiger partial charge is 0.495 e. The van der Waals surface area contributed by atoms with Crippen molar-refractivity contribution in [2.75, 3.05) is 12.8 Å². The lowest BCUT2D eigenvalue weighted by molar-refractivity contribution is 0.415. The van der Waals surface area contributed by atoms with E-state index >= 15 is 0 Å². The number of ether oxygens (including phenoxy) is 1. The molecule has 0 aliphatic rings. The maximum absolute atomic E-state index is 12.8. The van der Waals surface area contributed by atoms with Gasteiger partial charge in [-0.25, -0.2) is 4.39 Å². The summed E-state index contributed by atoms with van der Waals surface area (Å²) in [4.78, 5) is 0. The summed E-state index contributed by atoms with van der Waals surface area (Å²) >= 11 is 0. The number of methoxy groups -OCH3 is 1. The molecule has 11 heavy (non-hydrogen) atoms. The smallest absolute Gasteiger partial charge is 0.142 e. The Bertz CT molecular complexity index is 273. The molecule has 0 saturated carbocycles. The molecule has 0 aliphatic heterocycles. The summed E-state index contributed by atoms with van der Waals surface area (Å²) in [5.74, 6) is 0.215. The van der Waals surface area contributed by atoms with Crippen molar-refractivity contribution in [1.82, 2.24) is 0 Å². The Kier molecular flexibility index (Phi) is 1.98. The first kappa shape index (κ1) is 7.85. The second-order valence-corrected chi connectivity index (χ2v) is 2.29. The van der Waals surface area contributed by atoms with Crippen molar-refractivity contribution >= 4 is 5.69 Å². The maximum atomic E-state index is 12.8. The van der Waals surface area contributed by atoms with E-state index < -0.39 is 0 Å². The molecule has 0 amide bonds. The minimum Gasteiger partial charge on any atom is -0.495 e. The third kappa shape index (κ3) is 1.27. The molecule has 0 aromatic heterocycles. The minimum atomic E-state index is -0.302. The lowest BCUT2D eigenvalue weighted by Crippen LogP contribution is -1.97. The summed E-state index contributed by atoms with van der Waals surface area (Å²) in [6, 6.07) is 2.85. The van der Waals surface area contributed by atoms with Crippen LogP contribution >= 0.6 is 0 Å². The van der Waals surface area contributed by atoms with Crippen LogP contribution in [0.1, 0.15) is 5.56 Å². The predicted octanol–water partition coefficient (Wildman–Crippen LogP) is 1.72. The first-order chi connectivity index (χ1) is 5.16. The van der Waals surface area contributed by atoms with Crippen molar-refractivity contribution in [3.8, 4) is 5.75 Å². The van der Waals surface area contributed by atoms with Gasteiger partial charge in [0.05, 0.1) is 12.8 Å². The van der Waals surface area contributed by atoms with Gasteiger partial charge >= 0.3 is 0 Å². The van der Waals surface area contributed by atoms with Crippen molar-refractivity contribution in [2.24, 2.45) is 0 Å². The van der Waals surface area contributed by atoms with E-state index in [1.807, 2.05) is 0 Å². The lowest BCUT2D eigenvalue weighted by atomic mass is 10.2. The van der Waals surface area contributed by atoms with Gasteiger partial charge in [0.1, 0.15) is 11.6 Å². The highest BCUT2D eigenvalue weighted by molar-refractivity contribution is 5.58. The van der Waals surface area contributed by atoms with E-state index in [4.69, 9.17) is 10.5 Å². The molecule has 2 nitrogen and oxygen atoms in total. The minimum absolute atomic E-state index is 0.302. The Balaban J connectivity index is 3.25. The molecule has 0 fully saturated rings. The summed E-state index contributed by atoms with van der Waals surface area (Å²) in [5, 5.41) is 0. The maximum Gasteiger partial charge on any atom is 0.142 e. The highest BCUT2D eigenvalue weighted by Crippen LogP contribution is 2.25. The zero-order valence-electron chi connectivity index (χ0n) is 6.52. The molecule has 1 aromatic rings. The van der Waals surface area contributed by atoms with E-state index in [1.54, 1.807) is 6.92 Å². The summed E-state index contributed by atoms with van der Waals surface area (Å²) in [7, 11) is 1.50. The molecule has 0 bridgehead atoms. The molecule has 0 unspecified atom stereocenters. The molecule has 1 rings (SSSR count). The molecule has 0 atom stereocenters. The van der Waals surface area contributed by atoms with Crippen molar-refractivity contribution in [3.63, 3.8) is 0 Å². The van der Waals surface area contributed by atoms with Gasteiger partial charge in [0.2, 0.25) is 0 Å². The fraction of sp³-hybridized carbons (Fsp3) is 0.250. The van der Waals surface area contributed by atoms with E-state index in [9.17, 15) is 4.39 Å². The summed E-state index contributed by atoms with van der Waals surface area (Å²) in [6.45, 7) is 1.62. The Morgan fingerprint density at radius 1 is 1.45 bits per heavy atom. The third-order valence-electron chi connectivity index (χ3n) is 1.63. The van der Waals surface area contributed by atoms with E-state index in [-0.39, 0.29) is 5.82 Å². The monoisotopic (exact) mass is 155 g/mol. The normalized spacial score (nSPS) is 9.73. The molecule has 0 radical (unpaired) electrons. The fourth-order valence-corrected chi connectivity index (χ4v) is 0.855. The Labute approximate surface area is 64.8 Å². The SMILES string of the molecule is COc1ccc(F)c(C)c1N. The van der Waals surface area contributed by atoms with Gasteiger partial charge in [-0.2, -0.15) is 0 Å².